The number of carbonyl (C=O) groups excluding carboxylic acids is 2. The summed E-state index contributed by atoms with van der Waals surface area (Å²) < 4.78 is 20.7. The van der Waals surface area contributed by atoms with E-state index in [0.717, 1.165) is 24.0 Å². The molecule has 0 saturated carbocycles. The quantitative estimate of drug-likeness (QED) is 0.184. The fourth-order valence-corrected chi connectivity index (χ4v) is 3.20. The van der Waals surface area contributed by atoms with Crippen LogP contribution in [0.25, 0.3) is 0 Å². The van der Waals surface area contributed by atoms with Crippen LogP contribution in [-0.2, 0) is 31.9 Å². The first-order valence-corrected chi connectivity index (χ1v) is 11.5. The lowest BCUT2D eigenvalue weighted by Crippen LogP contribution is -2.10. The molecule has 6 heteroatoms. The molecule has 0 aliphatic rings. The molecule has 0 fully saturated rings. The van der Waals surface area contributed by atoms with E-state index in [1.54, 1.807) is 13.8 Å². The van der Waals surface area contributed by atoms with Gasteiger partial charge in [0.05, 0.1) is 0 Å². The topological polar surface area (TPSA) is 71.1 Å². The van der Waals surface area contributed by atoms with Crippen LogP contribution >= 0.6 is 0 Å². The molecule has 3 aromatic rings. The second-order valence-electron chi connectivity index (χ2n) is 8.41. The first-order chi connectivity index (χ1) is 17.3. The third kappa shape index (κ3) is 8.47. The monoisotopic (exact) mass is 486 g/mol. The molecule has 0 atom stereocenters. The molecular formula is C30H30O6. The van der Waals surface area contributed by atoms with Crippen molar-refractivity contribution in [3.63, 3.8) is 0 Å². The summed E-state index contributed by atoms with van der Waals surface area (Å²) in [6.45, 7) is 9.95. The van der Waals surface area contributed by atoms with Crippen LogP contribution in [0.1, 0.15) is 36.1 Å². The third-order valence-corrected chi connectivity index (χ3v) is 5.21. The van der Waals surface area contributed by atoms with Crippen molar-refractivity contribution in [3.8, 4) is 11.5 Å². The van der Waals surface area contributed by atoms with Gasteiger partial charge in [-0.1, -0.05) is 61.7 Å². The average Bonchev–Trinajstić information content (AvgIpc) is 2.87. The Balaban J connectivity index is 1.45. The van der Waals surface area contributed by atoms with Gasteiger partial charge in [0.25, 0.3) is 0 Å². The molecule has 6 nitrogen and oxygen atoms in total. The molecule has 0 aliphatic heterocycles. The van der Waals surface area contributed by atoms with Gasteiger partial charge in [-0.15, -0.1) is 0 Å². The highest BCUT2D eigenvalue weighted by molar-refractivity contribution is 5.87. The van der Waals surface area contributed by atoms with Crippen molar-refractivity contribution >= 4 is 11.9 Å². The number of esters is 2. The minimum atomic E-state index is -0.472. The summed E-state index contributed by atoms with van der Waals surface area (Å²) in [7, 11) is 0. The van der Waals surface area contributed by atoms with Crippen molar-refractivity contribution < 1.29 is 28.5 Å². The van der Waals surface area contributed by atoms with Crippen LogP contribution in [0.4, 0.5) is 0 Å². The van der Waals surface area contributed by atoms with E-state index < -0.39 is 11.9 Å². The van der Waals surface area contributed by atoms with E-state index in [9.17, 15) is 9.59 Å². The average molecular weight is 487 g/mol. The van der Waals surface area contributed by atoms with E-state index in [0.29, 0.717) is 22.6 Å². The van der Waals surface area contributed by atoms with Crippen LogP contribution < -0.4 is 9.47 Å². The lowest BCUT2D eigenvalue weighted by molar-refractivity contribution is -0.146. The van der Waals surface area contributed by atoms with Gasteiger partial charge in [0, 0.05) is 11.1 Å². The maximum Gasteiger partial charge on any atom is 0.335 e. The maximum atomic E-state index is 11.4. The first kappa shape index (κ1) is 26.3. The first-order valence-electron chi connectivity index (χ1n) is 11.5. The van der Waals surface area contributed by atoms with E-state index in [4.69, 9.17) is 18.9 Å². The van der Waals surface area contributed by atoms with E-state index in [-0.39, 0.29) is 13.6 Å². The van der Waals surface area contributed by atoms with Gasteiger partial charge in [0.2, 0.25) is 13.6 Å². The SMILES string of the molecule is C=C(C)C(=O)OCOc1ccc(Cc2ccc(Cc3ccc(OCOC(=O)C(=C)C)cc3)cc2)cc1. The smallest absolute Gasteiger partial charge is 0.335 e. The van der Waals surface area contributed by atoms with Gasteiger partial charge in [0.1, 0.15) is 11.5 Å². The number of hydrogen-bond acceptors (Lipinski definition) is 6. The largest absolute Gasteiger partial charge is 0.457 e. The van der Waals surface area contributed by atoms with Gasteiger partial charge in [0.15, 0.2) is 0 Å². The lowest BCUT2D eigenvalue weighted by Gasteiger charge is -2.09. The molecule has 0 saturated heterocycles. The summed E-state index contributed by atoms with van der Waals surface area (Å²) in [5.74, 6) is 0.320. The highest BCUT2D eigenvalue weighted by Crippen LogP contribution is 2.19. The molecule has 0 aliphatic carbocycles. The van der Waals surface area contributed by atoms with Crippen molar-refractivity contribution in [1.82, 2.24) is 0 Å². The van der Waals surface area contributed by atoms with Gasteiger partial charge >= 0.3 is 11.9 Å². The predicted octanol–water partition coefficient (Wildman–Crippen LogP) is 5.78. The highest BCUT2D eigenvalue weighted by atomic mass is 16.7. The molecule has 3 rings (SSSR count). The second kappa shape index (κ2) is 13.0. The van der Waals surface area contributed by atoms with E-state index in [1.807, 2.05) is 48.5 Å². The van der Waals surface area contributed by atoms with Crippen LogP contribution in [0.15, 0.2) is 97.1 Å². The zero-order valence-electron chi connectivity index (χ0n) is 20.6. The second-order valence-corrected chi connectivity index (χ2v) is 8.41. The van der Waals surface area contributed by atoms with Gasteiger partial charge in [-0.2, -0.15) is 0 Å². The van der Waals surface area contributed by atoms with Crippen LogP contribution in [0.3, 0.4) is 0 Å². The zero-order chi connectivity index (χ0) is 25.9. The summed E-state index contributed by atoms with van der Waals surface area (Å²) in [4.78, 5) is 22.8. The number of ether oxygens (including phenoxy) is 4. The predicted molar refractivity (Wildman–Crippen MR) is 138 cm³/mol. The molecule has 0 heterocycles. The normalized spacial score (nSPS) is 10.3. The van der Waals surface area contributed by atoms with E-state index >= 15 is 0 Å². The van der Waals surface area contributed by atoms with Crippen LogP contribution in [0.2, 0.25) is 0 Å². The minimum Gasteiger partial charge on any atom is -0.457 e. The van der Waals surface area contributed by atoms with E-state index in [1.165, 1.54) is 11.1 Å². The molecule has 0 amide bonds. The van der Waals surface area contributed by atoms with Crippen molar-refractivity contribution in [2.24, 2.45) is 0 Å². The summed E-state index contributed by atoms with van der Waals surface area (Å²) in [5, 5.41) is 0. The van der Waals surface area contributed by atoms with Crippen LogP contribution in [-0.4, -0.2) is 25.5 Å². The Morgan fingerprint density at radius 1 is 0.556 bits per heavy atom. The third-order valence-electron chi connectivity index (χ3n) is 5.21. The van der Waals surface area contributed by atoms with Gasteiger partial charge in [-0.3, -0.25) is 0 Å². The van der Waals surface area contributed by atoms with Gasteiger partial charge in [-0.25, -0.2) is 9.59 Å². The van der Waals surface area contributed by atoms with Crippen LogP contribution in [0, 0.1) is 0 Å². The molecule has 0 unspecified atom stereocenters. The Hall–Kier alpha value is -4.32. The summed E-state index contributed by atoms with van der Waals surface area (Å²) in [6, 6.07) is 23.9. The highest BCUT2D eigenvalue weighted by Gasteiger charge is 2.05. The Morgan fingerprint density at radius 3 is 1.11 bits per heavy atom. The van der Waals surface area contributed by atoms with Crippen molar-refractivity contribution in [2.45, 2.75) is 26.7 Å². The maximum absolute atomic E-state index is 11.4. The van der Waals surface area contributed by atoms with Crippen LogP contribution in [0.5, 0.6) is 11.5 Å². The number of rotatable bonds is 12. The Bertz CT molecular complexity index is 1100. The van der Waals surface area contributed by atoms with Crippen molar-refractivity contribution in [2.75, 3.05) is 13.6 Å². The van der Waals surface area contributed by atoms with Gasteiger partial charge in [-0.05, 0) is 73.2 Å². The number of carbonyl (C=O) groups is 2. The Labute approximate surface area is 211 Å². The molecule has 3 aromatic carbocycles. The van der Waals surface area contributed by atoms with Gasteiger partial charge < -0.3 is 18.9 Å². The number of hydrogen-bond donors (Lipinski definition) is 0. The summed E-state index contributed by atoms with van der Waals surface area (Å²) in [6.07, 6.45) is 1.60. The number of benzene rings is 3. The summed E-state index contributed by atoms with van der Waals surface area (Å²) in [5.41, 5.74) is 5.38. The molecule has 36 heavy (non-hydrogen) atoms. The molecule has 0 spiro atoms. The molecule has 0 N–H and O–H groups in total. The van der Waals surface area contributed by atoms with Crippen molar-refractivity contribution in [3.05, 3.63) is 119 Å². The molecule has 0 bridgehead atoms. The standard InChI is InChI=1S/C30H30O6/c1-21(2)29(31)35-19-33-27-13-9-25(10-14-27)17-23-5-7-24(8-6-23)18-26-11-15-28(16-12-26)34-20-36-30(32)22(3)4/h5-16H,1,3,17-20H2,2,4H3. The Kier molecular flexibility index (Phi) is 9.46. The fourth-order valence-electron chi connectivity index (χ4n) is 3.20. The zero-order valence-corrected chi connectivity index (χ0v) is 20.6. The minimum absolute atomic E-state index is 0.146. The molecular weight excluding hydrogens is 456 g/mol. The van der Waals surface area contributed by atoms with E-state index in [2.05, 4.69) is 37.4 Å². The molecule has 186 valence electrons. The fraction of sp³-hybridized carbons (Fsp3) is 0.200. The lowest BCUT2D eigenvalue weighted by atomic mass is 10.0. The summed E-state index contributed by atoms with van der Waals surface area (Å²) >= 11 is 0. The Morgan fingerprint density at radius 2 is 0.833 bits per heavy atom. The molecule has 0 radical (unpaired) electrons. The molecule has 0 aromatic heterocycles. The van der Waals surface area contributed by atoms with Crippen molar-refractivity contribution in [1.29, 1.82) is 0 Å².